The third-order valence-electron chi connectivity index (χ3n) is 7.33. The van der Waals surface area contributed by atoms with Crippen LogP contribution in [0.3, 0.4) is 0 Å². The van der Waals surface area contributed by atoms with Crippen LogP contribution in [-0.2, 0) is 25.4 Å². The summed E-state index contributed by atoms with van der Waals surface area (Å²) in [7, 11) is 0. The molecule has 250 valence electrons. The number of hydrogen-bond donors (Lipinski definition) is 10. The van der Waals surface area contributed by atoms with E-state index in [2.05, 4.69) is 50.5 Å². The number of aliphatic hydroxyl groups is 7. The molecule has 2 fully saturated rings. The van der Waals surface area contributed by atoms with Crippen molar-refractivity contribution in [3.63, 3.8) is 0 Å². The van der Waals surface area contributed by atoms with Crippen LogP contribution in [0.1, 0.15) is 5.56 Å². The van der Waals surface area contributed by atoms with Gasteiger partial charge in [0.2, 0.25) is 5.79 Å². The summed E-state index contributed by atoms with van der Waals surface area (Å²) in [4.78, 5) is 12.2. The summed E-state index contributed by atoms with van der Waals surface area (Å²) in [6.07, 6.45) is -13.6. The van der Waals surface area contributed by atoms with E-state index < -0.39 is 86.6 Å². The second-order valence-electron chi connectivity index (χ2n) is 10.5. The summed E-state index contributed by atoms with van der Waals surface area (Å²) in [5.74, 6) is -2.56. The molecule has 45 heavy (non-hydrogen) atoms. The molecule has 2 aliphatic rings. The highest BCUT2D eigenvalue weighted by atomic mass is 127. The van der Waals surface area contributed by atoms with Crippen molar-refractivity contribution in [1.82, 2.24) is 5.32 Å². The Morgan fingerprint density at radius 1 is 1.02 bits per heavy atom. The molecule has 0 spiro atoms. The van der Waals surface area contributed by atoms with Gasteiger partial charge in [0.05, 0.1) is 30.5 Å². The first-order valence-electron chi connectivity index (χ1n) is 13.4. The number of nitrogens with one attached hydrogen (secondary N) is 1. The number of carbonyl (C=O) groups is 1. The SMILES string of the molecule is O=C(O)C(Cc1cc(I)c(Oc2ccc(O)c(I)c2)c(I)c1)NCC1(O)OCC(O)C(OC2OC(CO)C(O)C(O)C2O)C1O. The molecule has 0 saturated carbocycles. The summed E-state index contributed by atoms with van der Waals surface area (Å²) in [6.45, 7) is -1.92. The second-order valence-corrected chi connectivity index (χ2v) is 14.0. The van der Waals surface area contributed by atoms with Crippen molar-refractivity contribution >= 4 is 73.7 Å². The van der Waals surface area contributed by atoms with Gasteiger partial charge in [0.15, 0.2) is 12.0 Å². The second kappa shape index (κ2) is 15.7. The molecular weight excluding hydrogens is 943 g/mol. The summed E-state index contributed by atoms with van der Waals surface area (Å²) in [5.41, 5.74) is 0.618. The van der Waals surface area contributed by atoms with Gasteiger partial charge in [0.1, 0.15) is 60.3 Å². The summed E-state index contributed by atoms with van der Waals surface area (Å²) < 4.78 is 24.0. The number of rotatable bonds is 11. The van der Waals surface area contributed by atoms with E-state index in [1.807, 2.05) is 22.6 Å². The minimum atomic E-state index is -2.46. The van der Waals surface area contributed by atoms with Crippen molar-refractivity contribution in [2.45, 2.75) is 67.3 Å². The van der Waals surface area contributed by atoms with Crippen molar-refractivity contribution in [1.29, 1.82) is 0 Å². The van der Waals surface area contributed by atoms with Crippen molar-refractivity contribution < 1.29 is 69.7 Å². The zero-order valence-electron chi connectivity index (χ0n) is 23.1. The molecule has 0 bridgehead atoms. The zero-order valence-corrected chi connectivity index (χ0v) is 29.6. The van der Waals surface area contributed by atoms with Crippen LogP contribution in [0.15, 0.2) is 30.3 Å². The van der Waals surface area contributed by atoms with Crippen LogP contribution in [0.2, 0.25) is 0 Å². The predicted molar refractivity (Wildman–Crippen MR) is 177 cm³/mol. The molecule has 10 N–H and O–H groups in total. The lowest BCUT2D eigenvalue weighted by molar-refractivity contribution is -0.367. The van der Waals surface area contributed by atoms with Crippen LogP contribution in [-0.4, -0.2) is 133 Å². The Morgan fingerprint density at radius 3 is 2.29 bits per heavy atom. The Kier molecular flexibility index (Phi) is 12.9. The molecular formula is C27H32I3NO14. The molecule has 15 nitrogen and oxygen atoms in total. The van der Waals surface area contributed by atoms with Gasteiger partial charge in [-0.25, -0.2) is 0 Å². The minimum absolute atomic E-state index is 0.0433. The lowest BCUT2D eigenvalue weighted by Gasteiger charge is -2.47. The number of benzene rings is 2. The van der Waals surface area contributed by atoms with Crippen LogP contribution in [0, 0.1) is 10.7 Å². The molecule has 2 saturated heterocycles. The molecule has 2 aromatic rings. The fraction of sp³-hybridized carbons (Fsp3) is 0.519. The maximum atomic E-state index is 12.2. The van der Waals surface area contributed by atoms with E-state index in [0.717, 1.165) is 0 Å². The average Bonchev–Trinajstić information content (AvgIpc) is 2.99. The van der Waals surface area contributed by atoms with Gasteiger partial charge in [-0.05, 0) is 110 Å². The Balaban J connectivity index is 1.43. The first kappa shape index (κ1) is 37.1. The average molecular weight is 975 g/mol. The molecule has 2 heterocycles. The summed E-state index contributed by atoms with van der Waals surface area (Å²) >= 11 is 6.10. The van der Waals surface area contributed by atoms with Gasteiger partial charge in [-0.3, -0.25) is 10.1 Å². The quantitative estimate of drug-likeness (QED) is 0.124. The Morgan fingerprint density at radius 2 is 1.69 bits per heavy atom. The largest absolute Gasteiger partial charge is 0.507 e. The first-order chi connectivity index (χ1) is 21.1. The molecule has 18 heteroatoms. The molecule has 0 aliphatic carbocycles. The van der Waals surface area contributed by atoms with E-state index in [4.69, 9.17) is 18.9 Å². The molecule has 2 aliphatic heterocycles. The number of aromatic hydroxyl groups is 1. The smallest absolute Gasteiger partial charge is 0.321 e. The Hall–Kier alpha value is -0.740. The molecule has 4 rings (SSSR count). The van der Waals surface area contributed by atoms with Gasteiger partial charge in [-0.15, -0.1) is 0 Å². The highest BCUT2D eigenvalue weighted by Crippen LogP contribution is 2.35. The number of carboxylic acid groups (broad SMARTS) is 1. The van der Waals surface area contributed by atoms with Crippen LogP contribution in [0.5, 0.6) is 17.2 Å². The lowest BCUT2D eigenvalue weighted by atomic mass is 9.95. The summed E-state index contributed by atoms with van der Waals surface area (Å²) in [6, 6.07) is 7.02. The van der Waals surface area contributed by atoms with E-state index in [0.29, 0.717) is 27.8 Å². The van der Waals surface area contributed by atoms with Gasteiger partial charge in [-0.1, -0.05) is 0 Å². The van der Waals surface area contributed by atoms with E-state index in [9.17, 15) is 50.8 Å². The highest BCUT2D eigenvalue weighted by Gasteiger charge is 2.53. The number of aliphatic hydroxyl groups excluding tert-OH is 6. The molecule has 0 amide bonds. The third kappa shape index (κ3) is 8.65. The van der Waals surface area contributed by atoms with E-state index >= 15 is 0 Å². The molecule has 10 atom stereocenters. The molecule has 10 unspecified atom stereocenters. The number of ether oxygens (including phenoxy) is 4. The monoisotopic (exact) mass is 975 g/mol. The molecule has 2 aromatic carbocycles. The number of phenolic OH excluding ortho intramolecular Hbond substituents is 1. The van der Waals surface area contributed by atoms with E-state index in [1.165, 1.54) is 6.07 Å². The fourth-order valence-electron chi connectivity index (χ4n) is 4.78. The Labute approximate surface area is 297 Å². The molecule has 0 radical (unpaired) electrons. The van der Waals surface area contributed by atoms with Crippen molar-refractivity contribution in [2.24, 2.45) is 0 Å². The first-order valence-corrected chi connectivity index (χ1v) is 16.7. The van der Waals surface area contributed by atoms with Crippen molar-refractivity contribution in [3.05, 3.63) is 46.6 Å². The standard InChI is InChI=1S/C27H32I3NO14/c28-12-6-11(1-2-16(12)33)43-22-13(29)3-10(4-14(22)30)5-15(25(39)40)31-9-27(41)24(38)23(17(34)8-42-27)45-26-21(37)20(36)19(35)18(7-32)44-26/h1-4,6,15,17-21,23-24,26,31-38,41H,5,7-9H2,(H,39,40). The van der Waals surface area contributed by atoms with Gasteiger partial charge in [-0.2, -0.15) is 0 Å². The van der Waals surface area contributed by atoms with Gasteiger partial charge in [0, 0.05) is 0 Å². The normalized spacial score (nSPS) is 32.7. The predicted octanol–water partition coefficient (Wildman–Crippen LogP) is -0.791. The lowest BCUT2D eigenvalue weighted by Crippen LogP contribution is -2.68. The van der Waals surface area contributed by atoms with Gasteiger partial charge >= 0.3 is 5.97 Å². The Bertz CT molecular complexity index is 1330. The third-order valence-corrected chi connectivity index (χ3v) is 9.80. The fourth-order valence-corrected chi connectivity index (χ4v) is 7.39. The van der Waals surface area contributed by atoms with Gasteiger partial charge < -0.3 is 64.9 Å². The van der Waals surface area contributed by atoms with Crippen LogP contribution in [0.25, 0.3) is 0 Å². The maximum Gasteiger partial charge on any atom is 0.321 e. The number of hydrogen-bond acceptors (Lipinski definition) is 14. The van der Waals surface area contributed by atoms with E-state index in [1.54, 1.807) is 24.3 Å². The molecule has 0 aromatic heterocycles. The van der Waals surface area contributed by atoms with Crippen LogP contribution in [0.4, 0.5) is 0 Å². The minimum Gasteiger partial charge on any atom is -0.507 e. The van der Waals surface area contributed by atoms with Gasteiger partial charge in [0.25, 0.3) is 0 Å². The topological polar surface area (TPSA) is 248 Å². The van der Waals surface area contributed by atoms with Crippen molar-refractivity contribution in [3.8, 4) is 17.2 Å². The van der Waals surface area contributed by atoms with Crippen LogP contribution >= 0.6 is 67.8 Å². The number of halogens is 3. The number of phenols is 1. The van der Waals surface area contributed by atoms with Crippen LogP contribution < -0.4 is 10.1 Å². The maximum absolute atomic E-state index is 12.2. The highest BCUT2D eigenvalue weighted by molar-refractivity contribution is 14.1. The zero-order chi connectivity index (χ0) is 33.2. The number of aliphatic carboxylic acids is 1. The van der Waals surface area contributed by atoms with Crippen molar-refractivity contribution in [2.75, 3.05) is 19.8 Å². The van der Waals surface area contributed by atoms with E-state index in [-0.39, 0.29) is 12.2 Å². The number of carboxylic acids is 1. The summed E-state index contributed by atoms with van der Waals surface area (Å²) in [5, 5.41) is 94.5.